The van der Waals surface area contributed by atoms with Gasteiger partial charge in [-0.2, -0.15) is 0 Å². The van der Waals surface area contributed by atoms with Gasteiger partial charge in [-0.25, -0.2) is 9.78 Å². The molecule has 0 aliphatic carbocycles. The van der Waals surface area contributed by atoms with Crippen LogP contribution in [0.3, 0.4) is 0 Å². The summed E-state index contributed by atoms with van der Waals surface area (Å²) >= 11 is 7.67. The predicted molar refractivity (Wildman–Crippen MR) is 101 cm³/mol. The third-order valence-corrected chi connectivity index (χ3v) is 5.41. The van der Waals surface area contributed by atoms with Gasteiger partial charge in [0.25, 0.3) is 0 Å². The molecule has 1 aliphatic rings. The van der Waals surface area contributed by atoms with Gasteiger partial charge in [0.2, 0.25) is 0 Å². The fraction of sp³-hybridized carbons (Fsp3) is 0.222. The topological polar surface area (TPSA) is 45.7 Å². The summed E-state index contributed by atoms with van der Waals surface area (Å²) < 4.78 is 6.47. The quantitative estimate of drug-likeness (QED) is 0.673. The van der Waals surface area contributed by atoms with Crippen molar-refractivity contribution in [2.45, 2.75) is 0 Å². The first-order valence-electron chi connectivity index (χ1n) is 8.02. The maximum absolute atomic E-state index is 12.2. The van der Waals surface area contributed by atoms with E-state index >= 15 is 0 Å². The van der Waals surface area contributed by atoms with E-state index in [4.69, 9.17) is 16.3 Å². The minimum atomic E-state index is -0.304. The summed E-state index contributed by atoms with van der Waals surface area (Å²) in [5.41, 5.74) is 0.954. The van der Waals surface area contributed by atoms with Crippen molar-refractivity contribution < 1.29 is 9.53 Å². The molecule has 0 saturated carbocycles. The molecular formula is C18H16ClN3O2S. The summed E-state index contributed by atoms with van der Waals surface area (Å²) in [7, 11) is 0. The average Bonchev–Trinajstić information content (AvgIpc) is 3.06. The van der Waals surface area contributed by atoms with Crippen LogP contribution in [0.5, 0.6) is 5.75 Å². The van der Waals surface area contributed by atoms with Crippen molar-refractivity contribution in [2.75, 3.05) is 31.1 Å². The van der Waals surface area contributed by atoms with Crippen LogP contribution in [0.2, 0.25) is 5.02 Å². The molecule has 7 heteroatoms. The molecule has 2 aromatic carbocycles. The number of ether oxygens (including phenoxy) is 1. The number of piperazine rings is 1. The standard InChI is InChI=1S/C18H16ClN3O2S/c19-13-6-7-15-16(12-13)25-17(20-15)21-8-10-22(11-9-21)18(23)24-14-4-2-1-3-5-14/h1-7,12H,8-11H2. The molecule has 128 valence electrons. The third kappa shape index (κ3) is 3.55. The van der Waals surface area contributed by atoms with Crippen molar-refractivity contribution in [3.8, 4) is 5.75 Å². The van der Waals surface area contributed by atoms with E-state index < -0.39 is 0 Å². The maximum atomic E-state index is 12.2. The molecule has 3 aromatic rings. The second kappa shape index (κ2) is 6.90. The molecule has 1 aliphatic heterocycles. The zero-order valence-corrected chi connectivity index (χ0v) is 15.0. The number of carbonyl (C=O) groups is 1. The Labute approximate surface area is 154 Å². The number of anilines is 1. The Balaban J connectivity index is 1.39. The highest BCUT2D eigenvalue weighted by Crippen LogP contribution is 2.31. The molecule has 0 radical (unpaired) electrons. The van der Waals surface area contributed by atoms with Crippen LogP contribution in [0, 0.1) is 0 Å². The fourth-order valence-electron chi connectivity index (χ4n) is 2.76. The van der Waals surface area contributed by atoms with Crippen LogP contribution < -0.4 is 9.64 Å². The first-order chi connectivity index (χ1) is 12.2. The molecule has 0 atom stereocenters. The van der Waals surface area contributed by atoms with Crippen molar-refractivity contribution >= 4 is 44.4 Å². The first-order valence-corrected chi connectivity index (χ1v) is 9.21. The van der Waals surface area contributed by atoms with Gasteiger partial charge >= 0.3 is 6.09 Å². The van der Waals surface area contributed by atoms with E-state index in [1.807, 2.05) is 36.4 Å². The number of para-hydroxylation sites is 1. The van der Waals surface area contributed by atoms with Gasteiger partial charge in [0, 0.05) is 31.2 Å². The molecule has 0 spiro atoms. The number of benzene rings is 2. The number of amides is 1. The first kappa shape index (κ1) is 16.2. The normalized spacial score (nSPS) is 14.8. The van der Waals surface area contributed by atoms with Gasteiger partial charge in [0.15, 0.2) is 5.13 Å². The van der Waals surface area contributed by atoms with Gasteiger partial charge in [-0.15, -0.1) is 0 Å². The molecule has 1 aromatic heterocycles. The third-order valence-electron chi connectivity index (χ3n) is 4.10. The minimum absolute atomic E-state index is 0.304. The second-order valence-electron chi connectivity index (χ2n) is 5.76. The fourth-order valence-corrected chi connectivity index (χ4v) is 4.05. The molecule has 1 fully saturated rings. The summed E-state index contributed by atoms with van der Waals surface area (Å²) in [6.45, 7) is 2.69. The molecule has 4 rings (SSSR count). The van der Waals surface area contributed by atoms with Crippen LogP contribution >= 0.6 is 22.9 Å². The van der Waals surface area contributed by atoms with Gasteiger partial charge in [-0.3, -0.25) is 0 Å². The van der Waals surface area contributed by atoms with Gasteiger partial charge < -0.3 is 14.5 Å². The Bertz CT molecular complexity index is 892. The SMILES string of the molecule is O=C(Oc1ccccc1)N1CCN(c2nc3ccc(Cl)cc3s2)CC1. The molecule has 0 unspecified atom stereocenters. The summed E-state index contributed by atoms with van der Waals surface area (Å²) in [6.07, 6.45) is -0.304. The number of rotatable bonds is 2. The monoisotopic (exact) mass is 373 g/mol. The van der Waals surface area contributed by atoms with Gasteiger partial charge in [-0.05, 0) is 30.3 Å². The average molecular weight is 374 g/mol. The number of fused-ring (bicyclic) bond motifs is 1. The van der Waals surface area contributed by atoms with Crippen molar-refractivity contribution in [1.29, 1.82) is 0 Å². The van der Waals surface area contributed by atoms with Crippen molar-refractivity contribution in [3.63, 3.8) is 0 Å². The summed E-state index contributed by atoms with van der Waals surface area (Å²) in [5, 5.41) is 1.68. The summed E-state index contributed by atoms with van der Waals surface area (Å²) in [5.74, 6) is 0.568. The van der Waals surface area contributed by atoms with Crippen LogP contribution in [0.25, 0.3) is 10.2 Å². The lowest BCUT2D eigenvalue weighted by atomic mass is 10.3. The van der Waals surface area contributed by atoms with E-state index in [0.717, 1.165) is 33.5 Å². The number of hydrogen-bond acceptors (Lipinski definition) is 5. The van der Waals surface area contributed by atoms with Crippen molar-refractivity contribution in [2.24, 2.45) is 0 Å². The van der Waals surface area contributed by atoms with Crippen molar-refractivity contribution in [1.82, 2.24) is 9.88 Å². The summed E-state index contributed by atoms with van der Waals surface area (Å²) in [6, 6.07) is 14.9. The smallest absolute Gasteiger partial charge is 0.410 e. The lowest BCUT2D eigenvalue weighted by molar-refractivity contribution is 0.149. The van der Waals surface area contributed by atoms with E-state index in [-0.39, 0.29) is 6.09 Å². The van der Waals surface area contributed by atoms with Gasteiger partial charge in [-0.1, -0.05) is 41.1 Å². The largest absolute Gasteiger partial charge is 0.415 e. The van der Waals surface area contributed by atoms with Crippen molar-refractivity contribution in [3.05, 3.63) is 53.6 Å². The molecule has 0 bridgehead atoms. The number of carbonyl (C=O) groups excluding carboxylic acids is 1. The lowest BCUT2D eigenvalue weighted by Gasteiger charge is -2.33. The molecule has 0 N–H and O–H groups in total. The maximum Gasteiger partial charge on any atom is 0.415 e. The number of nitrogens with zero attached hydrogens (tertiary/aromatic N) is 3. The van der Waals surface area contributed by atoms with E-state index in [0.29, 0.717) is 18.8 Å². The highest BCUT2D eigenvalue weighted by molar-refractivity contribution is 7.22. The lowest BCUT2D eigenvalue weighted by Crippen LogP contribution is -2.49. The molecule has 5 nitrogen and oxygen atoms in total. The second-order valence-corrected chi connectivity index (χ2v) is 7.21. The minimum Gasteiger partial charge on any atom is -0.410 e. The summed E-state index contributed by atoms with van der Waals surface area (Å²) in [4.78, 5) is 20.8. The molecular weight excluding hydrogens is 358 g/mol. The zero-order chi connectivity index (χ0) is 17.2. The Kier molecular flexibility index (Phi) is 4.46. The van der Waals surface area contributed by atoms with E-state index in [9.17, 15) is 4.79 Å². The van der Waals surface area contributed by atoms with Crippen LogP contribution in [-0.2, 0) is 0 Å². The number of thiazole rings is 1. The molecule has 25 heavy (non-hydrogen) atoms. The number of halogens is 1. The molecule has 1 amide bonds. The zero-order valence-electron chi connectivity index (χ0n) is 13.4. The predicted octanol–water partition coefficient (Wildman–Crippen LogP) is 4.27. The Hall–Kier alpha value is -2.31. The highest BCUT2D eigenvalue weighted by Gasteiger charge is 2.24. The Morgan fingerprint density at radius 1 is 1.08 bits per heavy atom. The van der Waals surface area contributed by atoms with Gasteiger partial charge in [0.05, 0.1) is 10.2 Å². The number of aromatic nitrogens is 1. The Morgan fingerprint density at radius 3 is 2.60 bits per heavy atom. The Morgan fingerprint density at radius 2 is 1.84 bits per heavy atom. The van der Waals surface area contributed by atoms with Crippen LogP contribution in [0.15, 0.2) is 48.5 Å². The molecule has 1 saturated heterocycles. The van der Waals surface area contributed by atoms with E-state index in [2.05, 4.69) is 9.88 Å². The highest BCUT2D eigenvalue weighted by atomic mass is 35.5. The van der Waals surface area contributed by atoms with E-state index in [1.165, 1.54) is 0 Å². The molecule has 2 heterocycles. The van der Waals surface area contributed by atoms with E-state index in [1.54, 1.807) is 28.4 Å². The van der Waals surface area contributed by atoms with Crippen LogP contribution in [0.4, 0.5) is 9.93 Å². The van der Waals surface area contributed by atoms with Crippen LogP contribution in [-0.4, -0.2) is 42.2 Å². The van der Waals surface area contributed by atoms with Gasteiger partial charge in [0.1, 0.15) is 5.75 Å². The number of hydrogen-bond donors (Lipinski definition) is 0. The van der Waals surface area contributed by atoms with Crippen LogP contribution in [0.1, 0.15) is 0 Å².